The molecule has 1 amide bonds. The largest absolute Gasteiger partial charge is 0.368 e. The van der Waals surface area contributed by atoms with Gasteiger partial charge in [0.15, 0.2) is 5.13 Å². The van der Waals surface area contributed by atoms with Crippen molar-refractivity contribution in [2.75, 3.05) is 29.3 Å². The maximum atomic E-state index is 13.4. The summed E-state index contributed by atoms with van der Waals surface area (Å²) in [5.41, 5.74) is 1.86. The van der Waals surface area contributed by atoms with Gasteiger partial charge >= 0.3 is 0 Å². The van der Waals surface area contributed by atoms with E-state index in [1.165, 1.54) is 11.3 Å². The lowest BCUT2D eigenvalue weighted by molar-refractivity contribution is -0.136. The molecular formula is C25H26ClN5O3S2. The van der Waals surface area contributed by atoms with Crippen LogP contribution in [0.3, 0.4) is 0 Å². The van der Waals surface area contributed by atoms with Gasteiger partial charge in [-0.2, -0.15) is 0 Å². The number of thiazole rings is 1. The maximum absolute atomic E-state index is 13.4. The molecule has 188 valence electrons. The number of carbonyl (C=O) groups excluding carboxylic acids is 1. The Morgan fingerprint density at radius 1 is 1.17 bits per heavy atom. The number of piperazine rings is 1. The van der Waals surface area contributed by atoms with Crippen LogP contribution in [0.1, 0.15) is 19.9 Å². The molecule has 1 fully saturated rings. The quantitative estimate of drug-likeness (QED) is 0.375. The molecule has 5 rings (SSSR count). The molecule has 1 N–H and O–H groups in total. The molecule has 1 aliphatic rings. The molecule has 0 saturated carbocycles. The van der Waals surface area contributed by atoms with Crippen molar-refractivity contribution in [2.24, 2.45) is 0 Å². The zero-order valence-electron chi connectivity index (χ0n) is 19.8. The Labute approximate surface area is 219 Å². The van der Waals surface area contributed by atoms with Crippen molar-refractivity contribution in [3.8, 4) is 0 Å². The summed E-state index contributed by atoms with van der Waals surface area (Å²) in [5, 5.41) is 3.73. The van der Waals surface area contributed by atoms with E-state index in [1.54, 1.807) is 35.8 Å². The molecule has 2 aromatic carbocycles. The highest BCUT2D eigenvalue weighted by atomic mass is 35.5. The zero-order chi connectivity index (χ0) is 25.4. The number of anilines is 2. The van der Waals surface area contributed by atoms with Crippen LogP contribution in [0.2, 0.25) is 5.02 Å². The lowest BCUT2D eigenvalue weighted by atomic mass is 10.1. The number of nitrogens with zero attached hydrogens (tertiary/aromatic N) is 4. The van der Waals surface area contributed by atoms with Gasteiger partial charge in [-0.15, -0.1) is 11.3 Å². The lowest BCUT2D eigenvalue weighted by Gasteiger charge is -2.42. The van der Waals surface area contributed by atoms with Crippen LogP contribution in [0.4, 0.5) is 10.8 Å². The predicted octanol–water partition coefficient (Wildman–Crippen LogP) is 4.85. The van der Waals surface area contributed by atoms with E-state index in [9.17, 15) is 13.2 Å². The van der Waals surface area contributed by atoms with E-state index >= 15 is 0 Å². The summed E-state index contributed by atoms with van der Waals surface area (Å²) in [7, 11) is -3.70. The average molecular weight is 544 g/mol. The second kappa shape index (κ2) is 9.76. The standard InChI is InChI=1S/C25H26ClN5O3S2/c1-17-16-29(21-5-7-22(8-6-21)36(33,34)28-25-27-10-14-35-25)12-13-30(17)24(32)18(2)31-11-9-19-3-4-20(26)15-23(19)31/h3-11,14-15,17-18H,12-13,16H2,1-2H3,(H,27,28)/t17-,18?/m0/s1. The third kappa shape index (κ3) is 4.80. The highest BCUT2D eigenvalue weighted by Crippen LogP contribution is 2.27. The summed E-state index contributed by atoms with van der Waals surface area (Å²) >= 11 is 7.42. The number of amides is 1. The molecule has 0 aliphatic carbocycles. The van der Waals surface area contributed by atoms with Crippen LogP contribution < -0.4 is 9.62 Å². The SMILES string of the molecule is CC(C(=O)N1CCN(c2ccc(S(=O)(=O)Nc3nccs3)cc2)C[C@@H]1C)n1ccc2ccc(Cl)cc21. The van der Waals surface area contributed by atoms with E-state index in [2.05, 4.69) is 14.6 Å². The first-order valence-electron chi connectivity index (χ1n) is 11.6. The number of aromatic nitrogens is 2. The van der Waals surface area contributed by atoms with Crippen LogP contribution in [0.25, 0.3) is 10.9 Å². The van der Waals surface area contributed by atoms with Gasteiger partial charge in [-0.05, 0) is 61.7 Å². The highest BCUT2D eigenvalue weighted by molar-refractivity contribution is 7.93. The van der Waals surface area contributed by atoms with Crippen LogP contribution in [0.5, 0.6) is 0 Å². The van der Waals surface area contributed by atoms with Crippen LogP contribution in [0, 0.1) is 0 Å². The molecule has 2 aromatic heterocycles. The Morgan fingerprint density at radius 2 is 1.94 bits per heavy atom. The van der Waals surface area contributed by atoms with Crippen LogP contribution in [-0.2, 0) is 14.8 Å². The van der Waals surface area contributed by atoms with Gasteiger partial charge in [-0.1, -0.05) is 17.7 Å². The molecule has 4 aromatic rings. The number of rotatable bonds is 6. The topological polar surface area (TPSA) is 87.5 Å². The van der Waals surface area contributed by atoms with E-state index < -0.39 is 10.0 Å². The summed E-state index contributed by atoms with van der Waals surface area (Å²) in [4.78, 5) is 21.7. The summed E-state index contributed by atoms with van der Waals surface area (Å²) < 4.78 is 29.7. The summed E-state index contributed by atoms with van der Waals surface area (Å²) in [6.07, 6.45) is 3.48. The van der Waals surface area contributed by atoms with Crippen molar-refractivity contribution in [1.29, 1.82) is 0 Å². The van der Waals surface area contributed by atoms with Gasteiger partial charge in [-0.25, -0.2) is 13.4 Å². The van der Waals surface area contributed by atoms with Gasteiger partial charge in [0.05, 0.1) is 10.4 Å². The number of carbonyl (C=O) groups is 1. The molecule has 36 heavy (non-hydrogen) atoms. The molecule has 3 heterocycles. The molecule has 0 bridgehead atoms. The highest BCUT2D eigenvalue weighted by Gasteiger charge is 2.31. The Bertz CT molecular complexity index is 1490. The molecule has 8 nitrogen and oxygen atoms in total. The fourth-order valence-electron chi connectivity index (χ4n) is 4.62. The third-order valence-electron chi connectivity index (χ3n) is 6.54. The van der Waals surface area contributed by atoms with Crippen molar-refractivity contribution in [3.63, 3.8) is 0 Å². The first kappa shape index (κ1) is 24.6. The number of fused-ring (bicyclic) bond motifs is 1. The fourth-order valence-corrected chi connectivity index (χ4v) is 6.58. The Hall–Kier alpha value is -3.08. The minimum absolute atomic E-state index is 0.00547. The van der Waals surface area contributed by atoms with E-state index in [-0.39, 0.29) is 22.9 Å². The molecule has 11 heteroatoms. The maximum Gasteiger partial charge on any atom is 0.263 e. The van der Waals surface area contributed by atoms with Gasteiger partial charge in [0.1, 0.15) is 6.04 Å². The lowest BCUT2D eigenvalue weighted by Crippen LogP contribution is -2.55. The molecule has 2 atom stereocenters. The number of hydrogen-bond donors (Lipinski definition) is 1. The van der Waals surface area contributed by atoms with E-state index in [0.29, 0.717) is 29.8 Å². The number of nitrogens with one attached hydrogen (secondary N) is 1. The third-order valence-corrected chi connectivity index (χ3v) is 8.94. The summed E-state index contributed by atoms with van der Waals surface area (Å²) in [6, 6.07) is 14.1. The van der Waals surface area contributed by atoms with E-state index in [1.807, 2.05) is 53.8 Å². The molecule has 1 saturated heterocycles. The number of sulfonamides is 1. The molecule has 1 aliphatic heterocycles. The molecule has 0 radical (unpaired) electrons. The van der Waals surface area contributed by atoms with Crippen molar-refractivity contribution in [2.45, 2.75) is 30.8 Å². The van der Waals surface area contributed by atoms with Crippen molar-refractivity contribution < 1.29 is 13.2 Å². The second-order valence-corrected chi connectivity index (χ2v) is 11.9. The van der Waals surface area contributed by atoms with Gasteiger partial charge < -0.3 is 14.4 Å². The van der Waals surface area contributed by atoms with Crippen LogP contribution in [-0.4, -0.2) is 54.5 Å². The first-order valence-corrected chi connectivity index (χ1v) is 14.3. The predicted molar refractivity (Wildman–Crippen MR) is 144 cm³/mol. The van der Waals surface area contributed by atoms with Gasteiger partial charge in [-0.3, -0.25) is 9.52 Å². The smallest absolute Gasteiger partial charge is 0.263 e. The van der Waals surface area contributed by atoms with Gasteiger partial charge in [0.25, 0.3) is 10.0 Å². The normalized spacial score (nSPS) is 17.4. The number of hydrogen-bond acceptors (Lipinski definition) is 6. The van der Waals surface area contributed by atoms with E-state index in [4.69, 9.17) is 11.6 Å². The molecule has 0 spiro atoms. The van der Waals surface area contributed by atoms with Gasteiger partial charge in [0.2, 0.25) is 5.91 Å². The minimum Gasteiger partial charge on any atom is -0.368 e. The van der Waals surface area contributed by atoms with Crippen molar-refractivity contribution in [1.82, 2.24) is 14.5 Å². The molecule has 1 unspecified atom stereocenters. The first-order chi connectivity index (χ1) is 17.2. The second-order valence-electron chi connectivity index (χ2n) is 8.87. The fraction of sp³-hybridized carbons (Fsp3) is 0.280. The number of benzene rings is 2. The van der Waals surface area contributed by atoms with Crippen LogP contribution in [0.15, 0.2) is 71.2 Å². The summed E-state index contributed by atoms with van der Waals surface area (Å²) in [5.74, 6) is 0.0642. The Balaban J connectivity index is 1.26. The van der Waals surface area contributed by atoms with E-state index in [0.717, 1.165) is 16.6 Å². The van der Waals surface area contributed by atoms with Crippen molar-refractivity contribution in [3.05, 3.63) is 71.3 Å². The van der Waals surface area contributed by atoms with Gasteiger partial charge in [0, 0.05) is 54.2 Å². The Morgan fingerprint density at radius 3 is 2.64 bits per heavy atom. The van der Waals surface area contributed by atoms with Crippen LogP contribution >= 0.6 is 22.9 Å². The summed E-state index contributed by atoms with van der Waals surface area (Å²) in [6.45, 7) is 5.85. The average Bonchev–Trinajstić information content (AvgIpc) is 3.52. The zero-order valence-corrected chi connectivity index (χ0v) is 22.2. The molecular weight excluding hydrogens is 518 g/mol. The number of halogens is 1. The minimum atomic E-state index is -3.70. The van der Waals surface area contributed by atoms with Crippen molar-refractivity contribution >= 4 is 60.6 Å². The Kier molecular flexibility index (Phi) is 6.67. The monoisotopic (exact) mass is 543 g/mol.